The number of hydrogen-bond acceptors (Lipinski definition) is 1. The summed E-state index contributed by atoms with van der Waals surface area (Å²) in [7, 11) is 0. The minimum Gasteiger partial charge on any atom is -0.481 e. The highest BCUT2D eigenvalue weighted by atomic mass is 19.1. The van der Waals surface area contributed by atoms with Crippen molar-refractivity contribution in [3.63, 3.8) is 0 Å². The molecule has 1 fully saturated rings. The maximum Gasteiger partial charge on any atom is 0.310 e. The van der Waals surface area contributed by atoms with E-state index in [2.05, 4.69) is 0 Å². The lowest BCUT2D eigenvalue weighted by molar-refractivity contribution is -0.138. The third kappa shape index (κ3) is 2.26. The Bertz CT molecular complexity index is 504. The third-order valence-corrected chi connectivity index (χ3v) is 4.68. The van der Waals surface area contributed by atoms with E-state index in [4.69, 9.17) is 5.11 Å². The minimum absolute atomic E-state index is 0.196. The minimum atomic E-state index is -0.830. The van der Waals surface area contributed by atoms with Crippen LogP contribution in [0.15, 0.2) is 12.1 Å². The van der Waals surface area contributed by atoms with E-state index in [9.17, 15) is 9.18 Å². The van der Waals surface area contributed by atoms with Crippen LogP contribution in [0.25, 0.3) is 0 Å². The number of hydrogen-bond donors (Lipinski definition) is 1. The van der Waals surface area contributed by atoms with Gasteiger partial charge in [0.1, 0.15) is 5.82 Å². The van der Waals surface area contributed by atoms with Crippen molar-refractivity contribution in [2.45, 2.75) is 56.8 Å². The Balaban J connectivity index is 1.94. The van der Waals surface area contributed by atoms with Crippen LogP contribution in [0, 0.1) is 5.82 Å². The third-order valence-electron chi connectivity index (χ3n) is 4.68. The molecule has 102 valence electrons. The van der Waals surface area contributed by atoms with Crippen LogP contribution in [0.1, 0.15) is 67.1 Å². The smallest absolute Gasteiger partial charge is 0.310 e. The first-order valence-corrected chi connectivity index (χ1v) is 7.22. The predicted molar refractivity (Wildman–Crippen MR) is 70.9 cm³/mol. The normalized spacial score (nSPS) is 23.3. The summed E-state index contributed by atoms with van der Waals surface area (Å²) in [4.78, 5) is 11.1. The van der Waals surface area contributed by atoms with E-state index in [0.717, 1.165) is 30.4 Å². The highest BCUT2D eigenvalue weighted by Gasteiger charge is 2.31. The summed E-state index contributed by atoms with van der Waals surface area (Å²) in [6, 6.07) is 3.44. The number of aryl methyl sites for hydroxylation is 1. The van der Waals surface area contributed by atoms with Gasteiger partial charge in [-0.05, 0) is 54.4 Å². The summed E-state index contributed by atoms with van der Waals surface area (Å²) in [5.74, 6) is -1.20. The topological polar surface area (TPSA) is 37.3 Å². The molecule has 0 amide bonds. The van der Waals surface area contributed by atoms with Crippen molar-refractivity contribution in [2.24, 2.45) is 0 Å². The monoisotopic (exact) mass is 262 g/mol. The van der Waals surface area contributed by atoms with Crippen LogP contribution in [0.3, 0.4) is 0 Å². The van der Waals surface area contributed by atoms with Gasteiger partial charge in [-0.2, -0.15) is 0 Å². The summed E-state index contributed by atoms with van der Waals surface area (Å²) in [5.41, 5.74) is 2.57. The molecular weight excluding hydrogens is 243 g/mol. The summed E-state index contributed by atoms with van der Waals surface area (Å²) in [6.45, 7) is 0. The molecule has 0 spiro atoms. The summed E-state index contributed by atoms with van der Waals surface area (Å²) < 4.78 is 14.3. The number of rotatable bonds is 2. The largest absolute Gasteiger partial charge is 0.481 e. The van der Waals surface area contributed by atoms with Crippen molar-refractivity contribution in [2.75, 3.05) is 0 Å². The Kier molecular flexibility index (Phi) is 3.29. The van der Waals surface area contributed by atoms with E-state index >= 15 is 0 Å². The van der Waals surface area contributed by atoms with Gasteiger partial charge >= 0.3 is 5.97 Å². The first-order chi connectivity index (χ1) is 9.16. The van der Waals surface area contributed by atoms with Gasteiger partial charge in [-0.1, -0.05) is 25.3 Å². The molecule has 1 N–H and O–H groups in total. The van der Waals surface area contributed by atoms with Crippen molar-refractivity contribution in [1.82, 2.24) is 0 Å². The lowest BCUT2D eigenvalue weighted by Gasteiger charge is -2.23. The summed E-state index contributed by atoms with van der Waals surface area (Å²) in [6.07, 6.45) is 7.13. The summed E-state index contributed by atoms with van der Waals surface area (Å²) in [5, 5.41) is 9.15. The lowest BCUT2D eigenvalue weighted by Crippen LogP contribution is -2.10. The number of carbonyl (C=O) groups is 1. The van der Waals surface area contributed by atoms with E-state index in [1.165, 1.54) is 25.3 Å². The average molecular weight is 262 g/mol. The molecule has 0 heterocycles. The molecule has 2 aliphatic rings. The van der Waals surface area contributed by atoms with Crippen molar-refractivity contribution in [3.05, 3.63) is 34.6 Å². The molecule has 0 aliphatic heterocycles. The zero-order chi connectivity index (χ0) is 13.4. The second-order valence-corrected chi connectivity index (χ2v) is 5.84. The maximum atomic E-state index is 14.3. The Morgan fingerprint density at radius 1 is 1.11 bits per heavy atom. The van der Waals surface area contributed by atoms with Gasteiger partial charge in [0.2, 0.25) is 0 Å². The Labute approximate surface area is 112 Å². The number of benzene rings is 1. The van der Waals surface area contributed by atoms with Crippen LogP contribution in [0.2, 0.25) is 0 Å². The van der Waals surface area contributed by atoms with Crippen LogP contribution in [-0.4, -0.2) is 11.1 Å². The van der Waals surface area contributed by atoms with E-state index in [1.54, 1.807) is 0 Å². The van der Waals surface area contributed by atoms with Gasteiger partial charge in [-0.3, -0.25) is 4.79 Å². The van der Waals surface area contributed by atoms with Crippen LogP contribution in [0.4, 0.5) is 4.39 Å². The zero-order valence-electron chi connectivity index (χ0n) is 11.0. The molecule has 0 aromatic heterocycles. The number of fused-ring (bicyclic) bond motifs is 1. The predicted octanol–water partition coefficient (Wildman–Crippen LogP) is 3.99. The molecule has 3 heteroatoms. The average Bonchev–Trinajstić information content (AvgIpc) is 2.81. The molecule has 0 radical (unpaired) electrons. The SMILES string of the molecule is O=C(O)C1CCc2cc(C3CCCCC3)c(F)cc21. The van der Waals surface area contributed by atoms with Gasteiger partial charge in [0.15, 0.2) is 0 Å². The molecule has 1 unspecified atom stereocenters. The fraction of sp³-hybridized carbons (Fsp3) is 0.562. The number of aliphatic carboxylic acids is 1. The molecule has 19 heavy (non-hydrogen) atoms. The van der Waals surface area contributed by atoms with Gasteiger partial charge in [-0.15, -0.1) is 0 Å². The van der Waals surface area contributed by atoms with Gasteiger partial charge in [0.25, 0.3) is 0 Å². The Morgan fingerprint density at radius 2 is 1.84 bits per heavy atom. The Morgan fingerprint density at radius 3 is 2.53 bits per heavy atom. The number of carboxylic acids is 1. The first-order valence-electron chi connectivity index (χ1n) is 7.22. The molecule has 0 bridgehead atoms. The fourth-order valence-electron chi connectivity index (χ4n) is 3.63. The molecular formula is C16H19FO2. The van der Waals surface area contributed by atoms with Crippen molar-refractivity contribution in [3.8, 4) is 0 Å². The first kappa shape index (κ1) is 12.6. The fourth-order valence-corrected chi connectivity index (χ4v) is 3.63. The van der Waals surface area contributed by atoms with E-state index in [1.807, 2.05) is 6.07 Å². The highest BCUT2D eigenvalue weighted by molar-refractivity contribution is 5.78. The van der Waals surface area contributed by atoms with Gasteiger partial charge < -0.3 is 5.11 Å². The lowest BCUT2D eigenvalue weighted by atomic mass is 9.82. The molecule has 1 saturated carbocycles. The Hall–Kier alpha value is -1.38. The molecule has 1 atom stereocenters. The van der Waals surface area contributed by atoms with Gasteiger partial charge in [0, 0.05) is 0 Å². The van der Waals surface area contributed by atoms with E-state index in [-0.39, 0.29) is 5.82 Å². The van der Waals surface area contributed by atoms with Crippen molar-refractivity contribution >= 4 is 5.97 Å². The zero-order valence-corrected chi connectivity index (χ0v) is 11.0. The number of carboxylic acid groups (broad SMARTS) is 1. The molecule has 1 aromatic rings. The quantitative estimate of drug-likeness (QED) is 0.875. The van der Waals surface area contributed by atoms with Crippen molar-refractivity contribution in [1.29, 1.82) is 0 Å². The van der Waals surface area contributed by atoms with Gasteiger partial charge in [-0.25, -0.2) is 4.39 Å². The van der Waals surface area contributed by atoms with Crippen LogP contribution in [0.5, 0.6) is 0 Å². The molecule has 2 nitrogen and oxygen atoms in total. The van der Waals surface area contributed by atoms with Crippen LogP contribution < -0.4 is 0 Å². The van der Waals surface area contributed by atoms with Crippen molar-refractivity contribution < 1.29 is 14.3 Å². The highest BCUT2D eigenvalue weighted by Crippen LogP contribution is 2.39. The number of halogens is 1. The second-order valence-electron chi connectivity index (χ2n) is 5.84. The standard InChI is InChI=1S/C16H19FO2/c17-15-9-13-11(6-7-12(13)16(18)19)8-14(15)10-4-2-1-3-5-10/h8-10,12H,1-7H2,(H,18,19). The van der Waals surface area contributed by atoms with E-state index in [0.29, 0.717) is 17.9 Å². The van der Waals surface area contributed by atoms with Crippen LogP contribution in [-0.2, 0) is 11.2 Å². The maximum absolute atomic E-state index is 14.3. The summed E-state index contributed by atoms with van der Waals surface area (Å²) >= 11 is 0. The molecule has 0 saturated heterocycles. The molecule has 2 aliphatic carbocycles. The van der Waals surface area contributed by atoms with Gasteiger partial charge in [0.05, 0.1) is 5.92 Å². The second kappa shape index (κ2) is 4.95. The van der Waals surface area contributed by atoms with E-state index < -0.39 is 11.9 Å². The molecule has 1 aromatic carbocycles. The van der Waals surface area contributed by atoms with Crippen LogP contribution >= 0.6 is 0 Å². The molecule has 3 rings (SSSR count).